The minimum atomic E-state index is -3.17. The second-order valence-corrected chi connectivity index (χ2v) is 8.89. The molecule has 102 valence electrons. The molecule has 7 heteroatoms. The van der Waals surface area contributed by atoms with E-state index in [-0.39, 0.29) is 0 Å². The van der Waals surface area contributed by atoms with Gasteiger partial charge in [0.25, 0.3) is 0 Å². The van der Waals surface area contributed by atoms with Crippen LogP contribution in [0.25, 0.3) is 0 Å². The van der Waals surface area contributed by atoms with Gasteiger partial charge in [-0.15, -0.1) is 10.2 Å². The monoisotopic (exact) mass is 289 g/mol. The first-order valence-corrected chi connectivity index (χ1v) is 8.77. The molecule has 0 atom stereocenters. The van der Waals surface area contributed by atoms with Crippen molar-refractivity contribution < 1.29 is 8.42 Å². The first-order valence-electron chi connectivity index (χ1n) is 6.06. The summed E-state index contributed by atoms with van der Waals surface area (Å²) in [6, 6.07) is 0.685. The number of sulfone groups is 1. The van der Waals surface area contributed by atoms with Gasteiger partial charge in [-0.2, -0.15) is 0 Å². The van der Waals surface area contributed by atoms with E-state index in [4.69, 9.17) is 0 Å². The number of hydrogen-bond donors (Lipinski definition) is 1. The Morgan fingerprint density at radius 2 is 2.06 bits per heavy atom. The van der Waals surface area contributed by atoms with Crippen molar-refractivity contribution in [2.75, 3.05) is 12.8 Å². The summed E-state index contributed by atoms with van der Waals surface area (Å²) in [7, 11) is -3.17. The lowest BCUT2D eigenvalue weighted by Gasteiger charge is -2.18. The highest BCUT2D eigenvalue weighted by atomic mass is 32.2. The molecule has 0 unspecified atom stereocenters. The van der Waals surface area contributed by atoms with E-state index in [0.29, 0.717) is 11.0 Å². The molecule has 0 saturated heterocycles. The van der Waals surface area contributed by atoms with E-state index < -0.39 is 14.6 Å². The van der Waals surface area contributed by atoms with Gasteiger partial charge in [0.15, 0.2) is 9.84 Å². The van der Waals surface area contributed by atoms with Gasteiger partial charge in [0.2, 0.25) is 0 Å². The summed E-state index contributed by atoms with van der Waals surface area (Å²) in [4.78, 5) is 0. The first-order chi connectivity index (χ1) is 8.30. The van der Waals surface area contributed by atoms with Crippen LogP contribution in [0.2, 0.25) is 0 Å². The van der Waals surface area contributed by atoms with Gasteiger partial charge in [0.1, 0.15) is 14.8 Å². The van der Waals surface area contributed by atoms with Gasteiger partial charge in [-0.05, 0) is 26.7 Å². The van der Waals surface area contributed by atoms with Gasteiger partial charge in [-0.25, -0.2) is 8.42 Å². The van der Waals surface area contributed by atoms with Crippen molar-refractivity contribution in [2.45, 2.75) is 43.9 Å². The number of rotatable bonds is 6. The molecule has 1 aliphatic carbocycles. The Balaban J connectivity index is 2.00. The van der Waals surface area contributed by atoms with E-state index in [1.54, 1.807) is 13.8 Å². The minimum absolute atomic E-state index is 0.575. The Morgan fingerprint density at radius 1 is 1.39 bits per heavy atom. The third kappa shape index (κ3) is 3.07. The molecule has 0 bridgehead atoms. The van der Waals surface area contributed by atoms with Crippen molar-refractivity contribution in [3.63, 3.8) is 0 Å². The molecule has 1 saturated carbocycles. The second-order valence-electron chi connectivity index (χ2n) is 5.26. The normalized spacial score (nSPS) is 17.1. The summed E-state index contributed by atoms with van der Waals surface area (Å²) < 4.78 is 22.5. The third-order valence-corrected chi connectivity index (χ3v) is 6.74. The largest absolute Gasteiger partial charge is 0.314 e. The molecule has 0 amide bonds. The van der Waals surface area contributed by atoms with Crippen LogP contribution in [-0.4, -0.2) is 37.5 Å². The Bertz CT molecular complexity index is 518. The highest BCUT2D eigenvalue weighted by molar-refractivity contribution is 7.91. The summed E-state index contributed by atoms with van der Waals surface area (Å²) >= 11 is 1.40. The van der Waals surface area contributed by atoms with Crippen LogP contribution in [0.5, 0.6) is 0 Å². The minimum Gasteiger partial charge on any atom is -0.314 e. The van der Waals surface area contributed by atoms with Crippen LogP contribution in [0.3, 0.4) is 0 Å². The molecular weight excluding hydrogens is 270 g/mol. The maximum Gasteiger partial charge on any atom is 0.159 e. The first kappa shape index (κ1) is 13.9. The highest BCUT2D eigenvalue weighted by Crippen LogP contribution is 2.31. The average Bonchev–Trinajstić information content (AvgIpc) is 2.93. The van der Waals surface area contributed by atoms with Gasteiger partial charge in [0.05, 0.1) is 0 Å². The lowest BCUT2D eigenvalue weighted by atomic mass is 10.2. The molecule has 0 aliphatic heterocycles. The topological polar surface area (TPSA) is 72.0 Å². The quantitative estimate of drug-likeness (QED) is 0.849. The predicted molar refractivity (Wildman–Crippen MR) is 72.5 cm³/mol. The molecule has 0 radical (unpaired) electrons. The molecule has 1 fully saturated rings. The fraction of sp³-hybridized carbons (Fsp3) is 0.818. The summed E-state index contributed by atoms with van der Waals surface area (Å²) in [5, 5.41) is 13.0. The van der Waals surface area contributed by atoms with Crippen LogP contribution in [0, 0.1) is 0 Å². The van der Waals surface area contributed by atoms with Crippen molar-refractivity contribution in [3.05, 3.63) is 10.0 Å². The predicted octanol–water partition coefficient (Wildman–Crippen LogP) is 1.11. The maximum atomic E-state index is 11.7. The number of nitrogens with one attached hydrogen (secondary N) is 1. The van der Waals surface area contributed by atoms with Crippen LogP contribution in [0.15, 0.2) is 0 Å². The number of hydrogen-bond acceptors (Lipinski definition) is 6. The average molecular weight is 289 g/mol. The molecule has 5 nitrogen and oxygen atoms in total. The van der Waals surface area contributed by atoms with Crippen molar-refractivity contribution >= 4 is 21.2 Å². The van der Waals surface area contributed by atoms with E-state index in [0.717, 1.165) is 18.0 Å². The number of nitrogens with zero attached hydrogens (tertiary/aromatic N) is 2. The van der Waals surface area contributed by atoms with E-state index in [9.17, 15) is 8.42 Å². The molecule has 0 spiro atoms. The molecule has 1 aliphatic rings. The lowest BCUT2D eigenvalue weighted by molar-refractivity contribution is 0.558. The standard InChI is InChI=1S/C11H19N3O2S2/c1-11(2,18(3,15)16)10-14-13-9(17-10)6-7-12-8-4-5-8/h8,12H,4-7H2,1-3H3. The summed E-state index contributed by atoms with van der Waals surface area (Å²) in [5.74, 6) is 0. The summed E-state index contributed by atoms with van der Waals surface area (Å²) in [6.07, 6.45) is 4.59. The van der Waals surface area contributed by atoms with Crippen LogP contribution < -0.4 is 5.32 Å². The molecule has 1 aromatic rings. The van der Waals surface area contributed by atoms with E-state index in [1.807, 2.05) is 0 Å². The molecule has 1 N–H and O–H groups in total. The van der Waals surface area contributed by atoms with Crippen LogP contribution in [0.4, 0.5) is 0 Å². The van der Waals surface area contributed by atoms with Gasteiger partial charge in [0, 0.05) is 25.3 Å². The molecule has 18 heavy (non-hydrogen) atoms. The molecule has 0 aromatic carbocycles. The van der Waals surface area contributed by atoms with E-state index in [2.05, 4.69) is 15.5 Å². The van der Waals surface area contributed by atoms with Crippen LogP contribution in [-0.2, 0) is 21.0 Å². The van der Waals surface area contributed by atoms with Gasteiger partial charge in [-0.3, -0.25) is 0 Å². The smallest absolute Gasteiger partial charge is 0.159 e. The fourth-order valence-corrected chi connectivity index (χ4v) is 3.20. The highest BCUT2D eigenvalue weighted by Gasteiger charge is 2.36. The van der Waals surface area contributed by atoms with Crippen molar-refractivity contribution in [1.82, 2.24) is 15.5 Å². The Kier molecular flexibility index (Phi) is 3.75. The van der Waals surface area contributed by atoms with Crippen molar-refractivity contribution in [1.29, 1.82) is 0 Å². The third-order valence-electron chi connectivity index (χ3n) is 3.26. The van der Waals surface area contributed by atoms with E-state index >= 15 is 0 Å². The maximum absolute atomic E-state index is 11.7. The second kappa shape index (κ2) is 4.86. The van der Waals surface area contributed by atoms with Gasteiger partial charge >= 0.3 is 0 Å². The zero-order chi connectivity index (χ0) is 13.4. The Hall–Kier alpha value is -0.530. The Morgan fingerprint density at radius 3 is 2.61 bits per heavy atom. The summed E-state index contributed by atoms with van der Waals surface area (Å²) in [5.41, 5.74) is 0. The van der Waals surface area contributed by atoms with E-state index in [1.165, 1.54) is 30.4 Å². The molecule has 1 heterocycles. The van der Waals surface area contributed by atoms with Crippen LogP contribution >= 0.6 is 11.3 Å². The Labute approximate surface area is 112 Å². The van der Waals surface area contributed by atoms with Crippen LogP contribution in [0.1, 0.15) is 36.7 Å². The molecule has 1 aromatic heterocycles. The number of aromatic nitrogens is 2. The molecule has 2 rings (SSSR count). The van der Waals surface area contributed by atoms with Gasteiger partial charge < -0.3 is 5.32 Å². The van der Waals surface area contributed by atoms with Crippen molar-refractivity contribution in [2.24, 2.45) is 0 Å². The fourth-order valence-electron chi connectivity index (χ4n) is 1.43. The SMILES string of the molecule is CC(C)(c1nnc(CCNC2CC2)s1)S(C)(=O)=O. The lowest BCUT2D eigenvalue weighted by Crippen LogP contribution is -2.27. The summed E-state index contributed by atoms with van der Waals surface area (Å²) in [6.45, 7) is 4.24. The zero-order valence-corrected chi connectivity index (χ0v) is 12.6. The van der Waals surface area contributed by atoms with Crippen molar-refractivity contribution in [3.8, 4) is 0 Å². The van der Waals surface area contributed by atoms with Gasteiger partial charge in [-0.1, -0.05) is 11.3 Å². The zero-order valence-electron chi connectivity index (χ0n) is 10.9. The molecular formula is C11H19N3O2S2.